The maximum absolute atomic E-state index is 12.0. The van der Waals surface area contributed by atoms with Gasteiger partial charge in [0, 0.05) is 0 Å². The van der Waals surface area contributed by atoms with Gasteiger partial charge in [-0.05, 0) is 27.2 Å². The van der Waals surface area contributed by atoms with E-state index in [0.29, 0.717) is 6.42 Å². The van der Waals surface area contributed by atoms with E-state index in [0.717, 1.165) is 6.42 Å². The molecule has 0 saturated carbocycles. The van der Waals surface area contributed by atoms with Gasteiger partial charge in [-0.3, -0.25) is 9.59 Å². The predicted octanol–water partition coefficient (Wildman–Crippen LogP) is 2.55. The zero-order valence-electron chi connectivity index (χ0n) is 11.7. The summed E-state index contributed by atoms with van der Waals surface area (Å²) in [6.07, 6.45) is 1.45. The van der Waals surface area contributed by atoms with Crippen molar-refractivity contribution in [2.24, 2.45) is 11.8 Å². The van der Waals surface area contributed by atoms with Crippen LogP contribution in [-0.4, -0.2) is 24.6 Å². The van der Waals surface area contributed by atoms with Crippen LogP contribution in [0.15, 0.2) is 0 Å². The summed E-state index contributed by atoms with van der Waals surface area (Å²) in [5.41, 5.74) is -0.529. The van der Waals surface area contributed by atoms with E-state index in [1.807, 2.05) is 27.7 Å². The van der Waals surface area contributed by atoms with Gasteiger partial charge in [-0.25, -0.2) is 0 Å². The minimum atomic E-state index is -0.529. The predicted molar refractivity (Wildman–Crippen MR) is 65.4 cm³/mol. The molecule has 0 N–H and O–H groups in total. The van der Waals surface area contributed by atoms with Gasteiger partial charge in [0.25, 0.3) is 0 Å². The van der Waals surface area contributed by atoms with Crippen LogP contribution in [0.1, 0.15) is 47.5 Å². The van der Waals surface area contributed by atoms with Gasteiger partial charge < -0.3 is 9.47 Å². The van der Waals surface area contributed by atoms with Crippen molar-refractivity contribution in [3.05, 3.63) is 0 Å². The largest absolute Gasteiger partial charge is 0.469 e. The molecule has 100 valence electrons. The summed E-state index contributed by atoms with van der Waals surface area (Å²) < 4.78 is 9.99. The fourth-order valence-corrected chi connectivity index (χ4v) is 1.61. The van der Waals surface area contributed by atoms with Crippen molar-refractivity contribution in [1.29, 1.82) is 0 Å². The van der Waals surface area contributed by atoms with Crippen molar-refractivity contribution in [1.82, 2.24) is 0 Å². The first-order chi connectivity index (χ1) is 7.72. The molecular formula is C13H24O4. The Kier molecular flexibility index (Phi) is 6.21. The molecule has 0 saturated heterocycles. The molecule has 0 aliphatic carbocycles. The van der Waals surface area contributed by atoms with Gasteiger partial charge in [-0.15, -0.1) is 0 Å². The normalized spacial score (nSPS) is 14.9. The van der Waals surface area contributed by atoms with Crippen LogP contribution in [0.5, 0.6) is 0 Å². The second-order valence-corrected chi connectivity index (χ2v) is 5.24. The number of esters is 2. The van der Waals surface area contributed by atoms with Crippen LogP contribution in [0.25, 0.3) is 0 Å². The monoisotopic (exact) mass is 244 g/mol. The Morgan fingerprint density at radius 1 is 1.18 bits per heavy atom. The van der Waals surface area contributed by atoms with Gasteiger partial charge in [-0.2, -0.15) is 0 Å². The fraction of sp³-hybridized carbons (Fsp3) is 0.846. The van der Waals surface area contributed by atoms with E-state index >= 15 is 0 Å². The summed E-state index contributed by atoms with van der Waals surface area (Å²) >= 11 is 0. The Morgan fingerprint density at radius 3 is 2.06 bits per heavy atom. The van der Waals surface area contributed by atoms with Crippen LogP contribution < -0.4 is 0 Å². The number of rotatable bonds is 5. The maximum atomic E-state index is 12.0. The highest BCUT2D eigenvalue weighted by atomic mass is 16.6. The fourth-order valence-electron chi connectivity index (χ4n) is 1.61. The first-order valence-corrected chi connectivity index (χ1v) is 6.03. The van der Waals surface area contributed by atoms with Crippen molar-refractivity contribution in [3.63, 3.8) is 0 Å². The van der Waals surface area contributed by atoms with Gasteiger partial charge in [0.15, 0.2) is 0 Å². The first kappa shape index (κ1) is 15.9. The summed E-state index contributed by atoms with van der Waals surface area (Å²) in [6.45, 7) is 9.13. The molecular weight excluding hydrogens is 220 g/mol. The molecule has 0 aromatic rings. The van der Waals surface area contributed by atoms with E-state index in [1.165, 1.54) is 7.11 Å². The van der Waals surface area contributed by atoms with Gasteiger partial charge in [0.05, 0.1) is 18.9 Å². The zero-order valence-corrected chi connectivity index (χ0v) is 11.7. The zero-order chi connectivity index (χ0) is 13.6. The number of ether oxygens (including phenoxy) is 2. The van der Waals surface area contributed by atoms with Crippen molar-refractivity contribution >= 4 is 11.9 Å². The van der Waals surface area contributed by atoms with Crippen LogP contribution in [0.4, 0.5) is 0 Å². The molecule has 0 amide bonds. The van der Waals surface area contributed by atoms with Crippen LogP contribution in [0, 0.1) is 11.8 Å². The molecule has 0 heterocycles. The summed E-state index contributed by atoms with van der Waals surface area (Å²) in [4.78, 5) is 23.4. The van der Waals surface area contributed by atoms with Crippen LogP contribution in [0.2, 0.25) is 0 Å². The second-order valence-electron chi connectivity index (χ2n) is 5.24. The quantitative estimate of drug-likeness (QED) is 0.697. The molecule has 0 aliphatic heterocycles. The number of hydrogen-bond donors (Lipinski definition) is 0. The highest BCUT2D eigenvalue weighted by Crippen LogP contribution is 2.23. The van der Waals surface area contributed by atoms with Gasteiger partial charge >= 0.3 is 11.9 Å². The molecule has 2 unspecified atom stereocenters. The minimum Gasteiger partial charge on any atom is -0.469 e. The Balaban J connectivity index is 4.72. The molecule has 0 fully saturated rings. The lowest BCUT2D eigenvalue weighted by atomic mass is 9.90. The molecule has 0 spiro atoms. The van der Waals surface area contributed by atoms with Crippen LogP contribution in [-0.2, 0) is 19.1 Å². The summed E-state index contributed by atoms with van der Waals surface area (Å²) in [5, 5.41) is 0. The Morgan fingerprint density at radius 2 is 1.71 bits per heavy atom. The third kappa shape index (κ3) is 5.71. The van der Waals surface area contributed by atoms with Crippen LogP contribution >= 0.6 is 0 Å². The average molecular weight is 244 g/mol. The third-order valence-corrected chi connectivity index (χ3v) is 2.49. The lowest BCUT2D eigenvalue weighted by molar-refractivity contribution is -0.167. The highest BCUT2D eigenvalue weighted by Gasteiger charge is 2.33. The number of methoxy groups -OCH3 is 1. The first-order valence-electron chi connectivity index (χ1n) is 6.03. The molecule has 0 aromatic carbocycles. The highest BCUT2D eigenvalue weighted by molar-refractivity contribution is 5.81. The van der Waals surface area contributed by atoms with E-state index in [4.69, 9.17) is 4.74 Å². The summed E-state index contributed by atoms with van der Waals surface area (Å²) in [5.74, 6) is -1.58. The SMILES string of the molecule is CCCC(C(=O)OC(C)(C)C)C(C)C(=O)OC. The topological polar surface area (TPSA) is 52.6 Å². The van der Waals surface area contributed by atoms with E-state index in [9.17, 15) is 9.59 Å². The lowest BCUT2D eigenvalue weighted by Gasteiger charge is -2.26. The van der Waals surface area contributed by atoms with Crippen molar-refractivity contribution in [2.75, 3.05) is 7.11 Å². The number of carbonyl (C=O) groups is 2. The number of hydrogen-bond acceptors (Lipinski definition) is 4. The van der Waals surface area contributed by atoms with E-state index < -0.39 is 17.4 Å². The molecule has 0 aromatic heterocycles. The molecule has 17 heavy (non-hydrogen) atoms. The molecule has 0 bridgehead atoms. The lowest BCUT2D eigenvalue weighted by Crippen LogP contribution is -2.34. The van der Waals surface area contributed by atoms with E-state index in [-0.39, 0.29) is 11.9 Å². The summed E-state index contributed by atoms with van der Waals surface area (Å²) in [6, 6.07) is 0. The number of carbonyl (C=O) groups excluding carboxylic acids is 2. The second kappa shape index (κ2) is 6.62. The van der Waals surface area contributed by atoms with Crippen LogP contribution in [0.3, 0.4) is 0 Å². The summed E-state index contributed by atoms with van der Waals surface area (Å²) in [7, 11) is 1.33. The van der Waals surface area contributed by atoms with Crippen molar-refractivity contribution < 1.29 is 19.1 Å². The van der Waals surface area contributed by atoms with Crippen molar-refractivity contribution in [2.45, 2.75) is 53.1 Å². The molecule has 4 heteroatoms. The van der Waals surface area contributed by atoms with Gasteiger partial charge in [0.2, 0.25) is 0 Å². The molecule has 0 rings (SSSR count). The molecule has 2 atom stereocenters. The maximum Gasteiger partial charge on any atom is 0.310 e. The molecule has 4 nitrogen and oxygen atoms in total. The Bertz CT molecular complexity index is 265. The smallest absolute Gasteiger partial charge is 0.310 e. The molecule has 0 aliphatic rings. The minimum absolute atomic E-state index is 0.322. The average Bonchev–Trinajstić information content (AvgIpc) is 2.21. The van der Waals surface area contributed by atoms with Gasteiger partial charge in [-0.1, -0.05) is 20.3 Å². The van der Waals surface area contributed by atoms with E-state index in [1.54, 1.807) is 6.92 Å². The Hall–Kier alpha value is -1.06. The van der Waals surface area contributed by atoms with Crippen molar-refractivity contribution in [3.8, 4) is 0 Å². The van der Waals surface area contributed by atoms with Gasteiger partial charge in [0.1, 0.15) is 5.60 Å². The third-order valence-electron chi connectivity index (χ3n) is 2.49. The van der Waals surface area contributed by atoms with E-state index in [2.05, 4.69) is 4.74 Å². The Labute approximate surface area is 104 Å². The molecule has 0 radical (unpaired) electrons. The standard InChI is InChI=1S/C13H24O4/c1-7-8-10(9(2)11(14)16-6)12(15)17-13(3,4)5/h9-10H,7-8H2,1-6H3.